The Balaban J connectivity index is 1.81. The van der Waals surface area contributed by atoms with Gasteiger partial charge in [-0.3, -0.25) is 9.59 Å². The molecule has 1 aromatic carbocycles. The van der Waals surface area contributed by atoms with Crippen LogP contribution in [0.15, 0.2) is 34.4 Å². The lowest BCUT2D eigenvalue weighted by atomic mass is 9.90. The van der Waals surface area contributed by atoms with Gasteiger partial charge in [0, 0.05) is 29.0 Å². The molecule has 7 heteroatoms. The van der Waals surface area contributed by atoms with Gasteiger partial charge in [-0.1, -0.05) is 6.92 Å². The Labute approximate surface area is 155 Å². The highest BCUT2D eigenvalue weighted by Crippen LogP contribution is 2.42. The van der Waals surface area contributed by atoms with Gasteiger partial charge < -0.3 is 14.4 Å². The Morgan fingerprint density at radius 3 is 2.78 bits per heavy atom. The molecule has 2 aromatic rings. The minimum absolute atomic E-state index is 0.0205. The number of aromatic hydroxyl groups is 1. The summed E-state index contributed by atoms with van der Waals surface area (Å²) in [6.07, 6.45) is 5.18. The number of nitrogens with zero attached hydrogens (tertiary/aromatic N) is 2. The molecule has 0 saturated heterocycles. The molecule has 1 N–H and O–H groups in total. The number of fused-ring (bicyclic) bond motifs is 3. The first-order valence-electron chi connectivity index (χ1n) is 9.14. The molecule has 1 fully saturated rings. The molecule has 27 heavy (non-hydrogen) atoms. The van der Waals surface area contributed by atoms with E-state index in [0.29, 0.717) is 30.4 Å². The van der Waals surface area contributed by atoms with Crippen molar-refractivity contribution in [1.29, 1.82) is 0 Å². The summed E-state index contributed by atoms with van der Waals surface area (Å²) in [5, 5.41) is 12.7. The largest absolute Gasteiger partial charge is 0.504 e. The quantitative estimate of drug-likeness (QED) is 0.816. The molecular formula is C20H20N2O5. The second kappa shape index (κ2) is 6.64. The summed E-state index contributed by atoms with van der Waals surface area (Å²) in [4.78, 5) is 34.5. The van der Waals surface area contributed by atoms with Crippen molar-refractivity contribution in [3.8, 4) is 22.8 Å². The van der Waals surface area contributed by atoms with E-state index in [0.717, 1.165) is 30.4 Å². The molecular weight excluding hydrogens is 348 g/mol. The van der Waals surface area contributed by atoms with E-state index in [9.17, 15) is 19.6 Å². The molecule has 1 aliphatic carbocycles. The van der Waals surface area contributed by atoms with Crippen molar-refractivity contribution < 1.29 is 14.6 Å². The predicted octanol–water partition coefficient (Wildman–Crippen LogP) is 3.42. The average Bonchev–Trinajstić information content (AvgIpc) is 3.49. The molecule has 4 rings (SSSR count). The maximum atomic E-state index is 12.3. The summed E-state index contributed by atoms with van der Waals surface area (Å²) in [6.45, 7) is 2.62. The van der Waals surface area contributed by atoms with E-state index in [1.807, 2.05) is 17.6 Å². The Hall–Kier alpha value is -2.96. The molecule has 0 spiro atoms. The topological polar surface area (TPSA) is 98.0 Å². The smallest absolute Gasteiger partial charge is 0.322 e. The fourth-order valence-corrected chi connectivity index (χ4v) is 3.60. The monoisotopic (exact) mass is 368 g/mol. The van der Waals surface area contributed by atoms with Gasteiger partial charge >= 0.3 is 5.91 Å². The van der Waals surface area contributed by atoms with E-state index in [1.165, 1.54) is 12.3 Å². The van der Waals surface area contributed by atoms with Gasteiger partial charge in [-0.15, -0.1) is 4.91 Å². The summed E-state index contributed by atoms with van der Waals surface area (Å²) in [7, 11) is 0. The first-order valence-corrected chi connectivity index (χ1v) is 9.14. The van der Waals surface area contributed by atoms with E-state index in [2.05, 4.69) is 5.18 Å². The first kappa shape index (κ1) is 17.5. The summed E-state index contributed by atoms with van der Waals surface area (Å²) in [6, 6.07) is 4.81. The molecule has 1 amide bonds. The number of phenols is 1. The number of amides is 1. The summed E-state index contributed by atoms with van der Waals surface area (Å²) in [5.74, 6) is -0.00514. The molecule has 0 radical (unpaired) electrons. The standard InChI is InChI=1S/C20H20N2O5/c1-2-13-5-12-6-19(27-10-11-3-4-11)18(24)7-14(12)16-8-17(23)15(9-22(13)16)20(25)21-26/h6-9,11,13,24H,2-5,10H2,1H3. The highest BCUT2D eigenvalue weighted by atomic mass is 16.5. The summed E-state index contributed by atoms with van der Waals surface area (Å²) in [5.41, 5.74) is 1.54. The van der Waals surface area contributed by atoms with Gasteiger partial charge in [-0.2, -0.15) is 0 Å². The number of rotatable bonds is 5. The van der Waals surface area contributed by atoms with Crippen molar-refractivity contribution in [3.05, 3.63) is 50.7 Å². The Kier molecular flexibility index (Phi) is 4.30. The van der Waals surface area contributed by atoms with Gasteiger partial charge in [0.1, 0.15) is 5.56 Å². The second-order valence-electron chi connectivity index (χ2n) is 7.24. The van der Waals surface area contributed by atoms with Crippen molar-refractivity contribution >= 4 is 5.91 Å². The SMILES string of the molecule is CCC1Cc2cc(OCC3CC3)c(O)cc2-c2cc(=O)c(C(=O)N=O)cn21. The van der Waals surface area contributed by atoms with Crippen molar-refractivity contribution in [3.63, 3.8) is 0 Å². The van der Waals surface area contributed by atoms with E-state index in [4.69, 9.17) is 4.74 Å². The third kappa shape index (κ3) is 3.13. The molecule has 2 aliphatic rings. The number of carbonyl (C=O) groups is 1. The van der Waals surface area contributed by atoms with Crippen LogP contribution in [0.4, 0.5) is 0 Å². The van der Waals surface area contributed by atoms with Crippen LogP contribution in [0, 0.1) is 10.8 Å². The highest BCUT2D eigenvalue weighted by molar-refractivity contribution is 5.94. The molecule has 2 heterocycles. The molecule has 1 aromatic heterocycles. The zero-order chi connectivity index (χ0) is 19.1. The number of carbonyl (C=O) groups excluding carboxylic acids is 1. The molecule has 1 saturated carbocycles. The normalized spacial score (nSPS) is 17.7. The fourth-order valence-electron chi connectivity index (χ4n) is 3.60. The highest BCUT2D eigenvalue weighted by Gasteiger charge is 2.28. The molecule has 1 unspecified atom stereocenters. The Morgan fingerprint density at radius 2 is 2.11 bits per heavy atom. The van der Waals surface area contributed by atoms with Crippen LogP contribution in [0.25, 0.3) is 11.3 Å². The maximum Gasteiger partial charge on any atom is 0.322 e. The summed E-state index contributed by atoms with van der Waals surface area (Å²) < 4.78 is 7.59. The van der Waals surface area contributed by atoms with Gasteiger partial charge in [0.2, 0.25) is 0 Å². The van der Waals surface area contributed by atoms with Crippen LogP contribution >= 0.6 is 0 Å². The van der Waals surface area contributed by atoms with E-state index in [1.54, 1.807) is 6.07 Å². The molecule has 1 aliphatic heterocycles. The number of aromatic nitrogens is 1. The summed E-state index contributed by atoms with van der Waals surface area (Å²) >= 11 is 0. The second-order valence-corrected chi connectivity index (χ2v) is 7.24. The first-order chi connectivity index (χ1) is 13.0. The maximum absolute atomic E-state index is 12.3. The van der Waals surface area contributed by atoms with Crippen molar-refractivity contribution in [2.45, 2.75) is 38.6 Å². The van der Waals surface area contributed by atoms with Crippen LogP contribution in [-0.4, -0.2) is 22.2 Å². The van der Waals surface area contributed by atoms with E-state index >= 15 is 0 Å². The molecule has 140 valence electrons. The van der Waals surface area contributed by atoms with Gasteiger partial charge in [0.15, 0.2) is 16.9 Å². The number of hydrogen-bond donors (Lipinski definition) is 1. The number of phenolic OH excluding ortho intramolecular Hbond substituents is 1. The van der Waals surface area contributed by atoms with E-state index in [-0.39, 0.29) is 17.4 Å². The lowest BCUT2D eigenvalue weighted by Crippen LogP contribution is -2.25. The molecule has 7 nitrogen and oxygen atoms in total. The van der Waals surface area contributed by atoms with E-state index < -0.39 is 11.3 Å². The van der Waals surface area contributed by atoms with Crippen LogP contribution in [0.3, 0.4) is 0 Å². The average molecular weight is 368 g/mol. The number of benzene rings is 1. The van der Waals surface area contributed by atoms with Crippen LogP contribution in [-0.2, 0) is 6.42 Å². The van der Waals surface area contributed by atoms with Gasteiger partial charge in [0.05, 0.1) is 12.3 Å². The van der Waals surface area contributed by atoms with Crippen LogP contribution in [0.1, 0.15) is 48.1 Å². The van der Waals surface area contributed by atoms with Crippen molar-refractivity contribution in [2.75, 3.05) is 6.61 Å². The number of pyridine rings is 1. The van der Waals surface area contributed by atoms with Crippen LogP contribution in [0.5, 0.6) is 11.5 Å². The van der Waals surface area contributed by atoms with Crippen LogP contribution < -0.4 is 10.2 Å². The molecule has 0 bridgehead atoms. The van der Waals surface area contributed by atoms with Crippen molar-refractivity contribution in [2.24, 2.45) is 11.1 Å². The zero-order valence-corrected chi connectivity index (χ0v) is 15.0. The zero-order valence-electron chi connectivity index (χ0n) is 15.0. The Morgan fingerprint density at radius 1 is 1.33 bits per heavy atom. The van der Waals surface area contributed by atoms with Crippen molar-refractivity contribution in [1.82, 2.24) is 4.57 Å². The Bertz CT molecular complexity index is 991. The number of ether oxygens (including phenoxy) is 1. The van der Waals surface area contributed by atoms with Gasteiger partial charge in [-0.05, 0) is 49.3 Å². The third-order valence-corrected chi connectivity index (χ3v) is 5.35. The number of hydrogen-bond acceptors (Lipinski definition) is 5. The van der Waals surface area contributed by atoms with Gasteiger partial charge in [0.25, 0.3) is 0 Å². The van der Waals surface area contributed by atoms with Crippen LogP contribution in [0.2, 0.25) is 0 Å². The third-order valence-electron chi connectivity index (χ3n) is 5.35. The fraction of sp³-hybridized carbons (Fsp3) is 0.400. The lowest BCUT2D eigenvalue weighted by molar-refractivity contribution is 0.0999. The number of nitroso groups, excluding NO2 is 1. The molecule has 1 atom stereocenters. The minimum atomic E-state index is -1.07. The predicted molar refractivity (Wildman–Crippen MR) is 99.2 cm³/mol. The lowest BCUT2D eigenvalue weighted by Gasteiger charge is -2.30. The van der Waals surface area contributed by atoms with Gasteiger partial charge in [-0.25, -0.2) is 0 Å². The minimum Gasteiger partial charge on any atom is -0.504 e.